The first-order chi connectivity index (χ1) is 4.56. The second-order valence-corrected chi connectivity index (χ2v) is 3.00. The average Bonchev–Trinajstić information content (AvgIpc) is 1.65. The van der Waals surface area contributed by atoms with Crippen LogP contribution in [0.1, 0.15) is 0 Å². The molecule has 1 atom stereocenters. The van der Waals surface area contributed by atoms with Crippen LogP contribution in [-0.4, -0.2) is 47.0 Å². The highest BCUT2D eigenvalue weighted by Crippen LogP contribution is 1.78. The summed E-state index contributed by atoms with van der Waals surface area (Å²) in [6, 6.07) is 0. The Morgan fingerprint density at radius 1 is 0.900 bits per heavy atom. The maximum Gasteiger partial charge on any atom is -0.0102 e. The van der Waals surface area contributed by atoms with Crippen LogP contribution in [0.25, 0.3) is 0 Å². The summed E-state index contributed by atoms with van der Waals surface area (Å²) in [6.45, 7) is 0. The van der Waals surface area contributed by atoms with Gasteiger partial charge in [-0.15, -0.1) is 0 Å². The minimum Gasteiger partial charge on any atom is -0.323 e. The van der Waals surface area contributed by atoms with Crippen LogP contribution in [0.3, 0.4) is 0 Å². The van der Waals surface area contributed by atoms with Gasteiger partial charge < -0.3 is 10.6 Å². The molecule has 0 fully saturated rings. The van der Waals surface area contributed by atoms with Crippen molar-refractivity contribution in [1.29, 1.82) is 0 Å². The predicted molar refractivity (Wildman–Crippen MR) is 53.4 cm³/mol. The third kappa shape index (κ3) is 4620. The van der Waals surface area contributed by atoms with Gasteiger partial charge in [-0.1, -0.05) is 9.39 Å². The number of rotatable bonds is 0. The molecule has 0 heterocycles. The van der Waals surface area contributed by atoms with Crippen molar-refractivity contribution in [3.63, 3.8) is 0 Å². The van der Waals surface area contributed by atoms with E-state index in [2.05, 4.69) is 20.0 Å². The fraction of sp³-hybridized carbons (Fsp3) is 1.00. The predicted octanol–water partition coefficient (Wildman–Crippen LogP) is 0.00930. The second-order valence-electron chi connectivity index (χ2n) is 1.96. The number of nitrogens with one attached hydrogen (secondary N) is 2. The highest BCUT2D eigenvalue weighted by molar-refractivity contribution is 7.13. The topological polar surface area (TPSA) is 27.3 Å². The van der Waals surface area contributed by atoms with Gasteiger partial charge in [-0.25, -0.2) is 0 Å². The van der Waals surface area contributed by atoms with Crippen molar-refractivity contribution in [3.8, 4) is 0 Å². The van der Waals surface area contributed by atoms with E-state index in [1.807, 2.05) is 47.0 Å². The summed E-state index contributed by atoms with van der Waals surface area (Å²) in [5.41, 5.74) is 0. The molecule has 10 heavy (non-hydrogen) atoms. The van der Waals surface area contributed by atoms with Gasteiger partial charge in [0.1, 0.15) is 0 Å². The van der Waals surface area contributed by atoms with Gasteiger partial charge in [0.05, 0.1) is 0 Å². The van der Waals surface area contributed by atoms with E-state index in [1.165, 1.54) is 0 Å². The molecule has 66 valence electrons. The minimum absolute atomic E-state index is 1.88. The van der Waals surface area contributed by atoms with Crippen molar-refractivity contribution in [2.24, 2.45) is 0 Å². The Hall–Kier alpha value is 0.310. The van der Waals surface area contributed by atoms with Crippen LogP contribution in [-0.2, 0) is 0 Å². The Morgan fingerprint density at radius 2 is 0.900 bits per heavy atom. The Bertz CT molecular complexity index is 29.4. The smallest absolute Gasteiger partial charge is 0.0102 e. The Morgan fingerprint density at radius 3 is 0.900 bits per heavy atom. The van der Waals surface area contributed by atoms with Gasteiger partial charge in [0, 0.05) is 0 Å². The molecule has 3 nitrogen and oxygen atoms in total. The summed E-state index contributed by atoms with van der Waals surface area (Å²) < 4.78 is 1.92. The maximum absolute atomic E-state index is 2.75. The van der Waals surface area contributed by atoms with Crippen LogP contribution in [0.15, 0.2) is 0 Å². The Labute approximate surface area is 67.8 Å². The third-order valence-corrected chi connectivity index (χ3v) is 0. The van der Waals surface area contributed by atoms with Gasteiger partial charge in [-0.05, 0) is 42.3 Å². The number of hydrogen-bond acceptors (Lipinski definition) is 3. The van der Waals surface area contributed by atoms with Crippen molar-refractivity contribution in [2.75, 3.05) is 42.3 Å². The van der Waals surface area contributed by atoms with E-state index in [-0.39, 0.29) is 0 Å². The summed E-state index contributed by atoms with van der Waals surface area (Å²) in [5.74, 6) is 0. The van der Waals surface area contributed by atoms with Crippen molar-refractivity contribution < 1.29 is 0 Å². The van der Waals surface area contributed by atoms with Crippen molar-refractivity contribution in [2.45, 2.75) is 0 Å². The molecule has 0 aliphatic carbocycles. The molecule has 0 spiro atoms. The van der Waals surface area contributed by atoms with Crippen LogP contribution >= 0.6 is 9.39 Å². The Balaban J connectivity index is -0.0000000750. The van der Waals surface area contributed by atoms with Crippen LogP contribution in [0.5, 0.6) is 0 Å². The quantitative estimate of drug-likeness (QED) is 0.498. The van der Waals surface area contributed by atoms with Gasteiger partial charge in [0.15, 0.2) is 0 Å². The van der Waals surface area contributed by atoms with E-state index < -0.39 is 0 Å². The van der Waals surface area contributed by atoms with E-state index in [1.54, 1.807) is 0 Å². The summed E-state index contributed by atoms with van der Waals surface area (Å²) in [7, 11) is 13.9. The molecule has 0 aromatic carbocycles. The van der Waals surface area contributed by atoms with Crippen LogP contribution < -0.4 is 10.6 Å². The fourth-order valence-electron chi connectivity index (χ4n) is 0. The standard InChI is InChI=1S/C2H8NP.2C2H7N/c1-3(2)4;2*1-3-2/h4H2,1-2H3;2*3H,1-2H3. The molecule has 0 saturated heterocycles. The molecule has 2 N–H and O–H groups in total. The molecular formula is C6H22N3P. The first kappa shape index (κ1) is 16.7. The van der Waals surface area contributed by atoms with Crippen LogP contribution in [0.4, 0.5) is 0 Å². The normalized spacial score (nSPS) is 7.20. The zero-order chi connectivity index (χ0) is 8.99. The molecule has 0 rings (SSSR count). The first-order valence-electron chi connectivity index (χ1n) is 3.15. The van der Waals surface area contributed by atoms with E-state index >= 15 is 0 Å². The molecule has 0 bridgehead atoms. The largest absolute Gasteiger partial charge is 0.323 e. The van der Waals surface area contributed by atoms with Gasteiger partial charge in [0.2, 0.25) is 0 Å². The van der Waals surface area contributed by atoms with E-state index in [0.29, 0.717) is 0 Å². The highest BCUT2D eigenvalue weighted by Gasteiger charge is 1.58. The summed E-state index contributed by atoms with van der Waals surface area (Å²) >= 11 is 0. The summed E-state index contributed by atoms with van der Waals surface area (Å²) in [4.78, 5) is 0. The molecule has 0 radical (unpaired) electrons. The highest BCUT2D eigenvalue weighted by atomic mass is 31.0. The molecule has 0 aromatic rings. The molecule has 0 saturated carbocycles. The number of nitrogens with zero attached hydrogens (tertiary/aromatic N) is 1. The van der Waals surface area contributed by atoms with Crippen LogP contribution in [0, 0.1) is 0 Å². The molecule has 0 aromatic heterocycles. The Kier molecular flexibility index (Phi) is 38.1. The first-order valence-corrected chi connectivity index (χ1v) is 3.67. The minimum atomic E-state index is 1.88. The van der Waals surface area contributed by atoms with Gasteiger partial charge in [-0.3, -0.25) is 4.67 Å². The molecule has 1 unspecified atom stereocenters. The van der Waals surface area contributed by atoms with Crippen molar-refractivity contribution >= 4 is 9.39 Å². The third-order valence-electron chi connectivity index (χ3n) is 0. The summed E-state index contributed by atoms with van der Waals surface area (Å²) in [5, 5.41) is 5.50. The van der Waals surface area contributed by atoms with E-state index in [9.17, 15) is 0 Å². The molecule has 4 heteroatoms. The van der Waals surface area contributed by atoms with Gasteiger partial charge in [-0.2, -0.15) is 0 Å². The van der Waals surface area contributed by atoms with Gasteiger partial charge in [0.25, 0.3) is 0 Å². The lowest BCUT2D eigenvalue weighted by Crippen LogP contribution is -1.89. The maximum atomic E-state index is 2.75. The fourth-order valence-corrected chi connectivity index (χ4v) is 0. The zero-order valence-corrected chi connectivity index (χ0v) is 9.18. The van der Waals surface area contributed by atoms with E-state index in [0.717, 1.165) is 0 Å². The van der Waals surface area contributed by atoms with Crippen molar-refractivity contribution in [3.05, 3.63) is 0 Å². The number of hydrogen-bond donors (Lipinski definition) is 2. The lowest BCUT2D eigenvalue weighted by atomic mass is 11.3. The summed E-state index contributed by atoms with van der Waals surface area (Å²) in [6.07, 6.45) is 0. The van der Waals surface area contributed by atoms with E-state index in [4.69, 9.17) is 0 Å². The lowest BCUT2D eigenvalue weighted by molar-refractivity contribution is 0.703. The van der Waals surface area contributed by atoms with Crippen LogP contribution in [0.2, 0.25) is 0 Å². The average molecular weight is 167 g/mol. The molecule has 0 aliphatic rings. The second kappa shape index (κ2) is 22.8. The molecular weight excluding hydrogens is 145 g/mol. The lowest BCUT2D eigenvalue weighted by Gasteiger charge is -1.90. The molecule has 0 amide bonds. The SMILES string of the molecule is CN(C)P.CNC.CNC. The van der Waals surface area contributed by atoms with Crippen molar-refractivity contribution in [1.82, 2.24) is 15.3 Å². The molecule has 0 aliphatic heterocycles. The van der Waals surface area contributed by atoms with Gasteiger partial charge >= 0.3 is 0 Å². The zero-order valence-electron chi connectivity index (χ0n) is 8.02. The monoisotopic (exact) mass is 167 g/mol.